The number of hydrogen-bond acceptors (Lipinski definition) is 6. The van der Waals surface area contributed by atoms with Crippen molar-refractivity contribution in [1.29, 1.82) is 0 Å². The SMILES string of the molecule is C=CC(=O)O[C@H](C)CCC/C=C\[C@@H]1C[C@H](OCOC)C[C@H]1C[N+](=O)[O-]. The lowest BCUT2D eigenvalue weighted by Gasteiger charge is -2.12. The Bertz CT molecular complexity index is 464. The monoisotopic (exact) mass is 355 g/mol. The molecule has 0 radical (unpaired) electrons. The van der Waals surface area contributed by atoms with Gasteiger partial charge < -0.3 is 14.2 Å². The van der Waals surface area contributed by atoms with Gasteiger partial charge in [-0.3, -0.25) is 10.1 Å². The number of ether oxygens (including phenoxy) is 3. The molecular formula is C18H29NO6. The molecule has 142 valence electrons. The minimum absolute atomic E-state index is 0.000533. The van der Waals surface area contributed by atoms with E-state index >= 15 is 0 Å². The number of nitrogens with zero attached hydrogens (tertiary/aromatic N) is 1. The van der Waals surface area contributed by atoms with Gasteiger partial charge in [0.1, 0.15) is 6.79 Å². The van der Waals surface area contributed by atoms with E-state index in [1.165, 1.54) is 0 Å². The van der Waals surface area contributed by atoms with Crippen LogP contribution in [0.2, 0.25) is 0 Å². The van der Waals surface area contributed by atoms with Crippen LogP contribution in [0.5, 0.6) is 0 Å². The van der Waals surface area contributed by atoms with Crippen LogP contribution in [0.1, 0.15) is 39.0 Å². The third kappa shape index (κ3) is 8.79. The van der Waals surface area contributed by atoms with Crippen molar-refractivity contribution in [3.8, 4) is 0 Å². The van der Waals surface area contributed by atoms with Crippen molar-refractivity contribution in [3.63, 3.8) is 0 Å². The molecular weight excluding hydrogens is 326 g/mol. The van der Waals surface area contributed by atoms with E-state index in [4.69, 9.17) is 14.2 Å². The molecule has 0 spiro atoms. The van der Waals surface area contributed by atoms with Crippen LogP contribution in [0.15, 0.2) is 24.8 Å². The van der Waals surface area contributed by atoms with Crippen molar-refractivity contribution in [2.75, 3.05) is 20.4 Å². The van der Waals surface area contributed by atoms with E-state index < -0.39 is 5.97 Å². The van der Waals surface area contributed by atoms with E-state index in [-0.39, 0.29) is 42.3 Å². The molecule has 0 N–H and O–H groups in total. The van der Waals surface area contributed by atoms with Gasteiger partial charge in [0, 0.05) is 24.0 Å². The number of esters is 1. The number of rotatable bonds is 12. The van der Waals surface area contributed by atoms with Crippen LogP contribution in [-0.2, 0) is 19.0 Å². The van der Waals surface area contributed by atoms with Gasteiger partial charge in [-0.1, -0.05) is 18.7 Å². The number of nitro groups is 1. The maximum absolute atomic E-state index is 11.1. The largest absolute Gasteiger partial charge is 0.460 e. The molecule has 1 aliphatic carbocycles. The maximum Gasteiger partial charge on any atom is 0.330 e. The average molecular weight is 355 g/mol. The third-order valence-electron chi connectivity index (χ3n) is 4.36. The first kappa shape index (κ1) is 21.3. The molecule has 1 fully saturated rings. The van der Waals surface area contributed by atoms with Crippen LogP contribution in [0, 0.1) is 22.0 Å². The Kier molecular flexibility index (Phi) is 10.0. The summed E-state index contributed by atoms with van der Waals surface area (Å²) in [5.41, 5.74) is 0. The van der Waals surface area contributed by atoms with E-state index in [2.05, 4.69) is 18.7 Å². The van der Waals surface area contributed by atoms with Gasteiger partial charge in [-0.05, 0) is 44.9 Å². The van der Waals surface area contributed by atoms with Crippen LogP contribution in [0.3, 0.4) is 0 Å². The standard InChI is InChI=1S/C18H29NO6/c1-4-18(20)25-14(2)8-6-5-7-9-15-10-17(24-13-23-3)11-16(15)12-19(21)22/h4,7,9,14-17H,1,5-6,8,10-13H2,2-3H3/b9-7-/t14-,15-,16+,17+/m1/s1. The van der Waals surface area contributed by atoms with Crippen molar-refractivity contribution < 1.29 is 23.9 Å². The molecule has 0 aromatic heterocycles. The third-order valence-corrected chi connectivity index (χ3v) is 4.36. The highest BCUT2D eigenvalue weighted by molar-refractivity contribution is 5.81. The predicted octanol–water partition coefficient (Wildman–Crippen LogP) is 3.12. The van der Waals surface area contributed by atoms with Gasteiger partial charge in [0.2, 0.25) is 6.54 Å². The molecule has 7 nitrogen and oxygen atoms in total. The van der Waals surface area contributed by atoms with E-state index in [1.807, 2.05) is 6.92 Å². The Morgan fingerprint density at radius 1 is 1.44 bits per heavy atom. The summed E-state index contributed by atoms with van der Waals surface area (Å²) in [5, 5.41) is 10.9. The first-order chi connectivity index (χ1) is 12.0. The maximum atomic E-state index is 11.1. The van der Waals surface area contributed by atoms with E-state index in [9.17, 15) is 14.9 Å². The predicted molar refractivity (Wildman–Crippen MR) is 93.6 cm³/mol. The molecule has 1 aliphatic rings. The van der Waals surface area contributed by atoms with Crippen LogP contribution >= 0.6 is 0 Å². The Balaban J connectivity index is 2.37. The van der Waals surface area contributed by atoms with E-state index in [0.29, 0.717) is 6.42 Å². The van der Waals surface area contributed by atoms with Crippen LogP contribution in [0.25, 0.3) is 0 Å². The van der Waals surface area contributed by atoms with Gasteiger partial charge in [0.25, 0.3) is 0 Å². The van der Waals surface area contributed by atoms with Crippen molar-refractivity contribution in [2.45, 2.75) is 51.2 Å². The summed E-state index contributed by atoms with van der Waals surface area (Å²) in [6.45, 7) is 5.41. The highest BCUT2D eigenvalue weighted by atomic mass is 16.7. The number of unbranched alkanes of at least 4 members (excludes halogenated alkanes) is 1. The fraction of sp³-hybridized carbons (Fsp3) is 0.722. The summed E-state index contributed by atoms with van der Waals surface area (Å²) in [7, 11) is 1.56. The molecule has 0 saturated heterocycles. The second-order valence-corrected chi connectivity index (χ2v) is 6.42. The topological polar surface area (TPSA) is 87.9 Å². The van der Waals surface area contributed by atoms with E-state index in [1.54, 1.807) is 7.11 Å². The van der Waals surface area contributed by atoms with Crippen molar-refractivity contribution in [1.82, 2.24) is 0 Å². The number of methoxy groups -OCH3 is 1. The Labute approximate surface area is 149 Å². The van der Waals surface area contributed by atoms with Crippen LogP contribution in [-0.4, -0.2) is 43.5 Å². The van der Waals surface area contributed by atoms with Crippen molar-refractivity contribution >= 4 is 5.97 Å². The molecule has 0 unspecified atom stereocenters. The van der Waals surface area contributed by atoms with Gasteiger partial charge in [0.05, 0.1) is 12.2 Å². The summed E-state index contributed by atoms with van der Waals surface area (Å²) in [4.78, 5) is 21.7. The lowest BCUT2D eigenvalue weighted by molar-refractivity contribution is -0.489. The molecule has 25 heavy (non-hydrogen) atoms. The van der Waals surface area contributed by atoms with Gasteiger partial charge >= 0.3 is 5.97 Å². The van der Waals surface area contributed by atoms with Gasteiger partial charge in [-0.25, -0.2) is 4.79 Å². The molecule has 1 saturated carbocycles. The fourth-order valence-electron chi connectivity index (χ4n) is 3.14. The summed E-state index contributed by atoms with van der Waals surface area (Å²) in [5.74, 6) is -0.248. The molecule has 0 amide bonds. The zero-order chi connectivity index (χ0) is 18.7. The second kappa shape index (κ2) is 11.8. The fourth-order valence-corrected chi connectivity index (χ4v) is 3.14. The molecule has 0 aromatic rings. The molecule has 0 heterocycles. The first-order valence-electron chi connectivity index (χ1n) is 8.68. The minimum Gasteiger partial charge on any atom is -0.460 e. The molecule has 1 rings (SSSR count). The van der Waals surface area contributed by atoms with Crippen molar-refractivity contribution in [3.05, 3.63) is 34.9 Å². The second-order valence-electron chi connectivity index (χ2n) is 6.42. The van der Waals surface area contributed by atoms with Gasteiger partial charge in [-0.15, -0.1) is 0 Å². The Morgan fingerprint density at radius 3 is 2.84 bits per heavy atom. The minimum atomic E-state index is -0.404. The zero-order valence-electron chi connectivity index (χ0n) is 15.1. The normalized spacial score (nSPS) is 24.3. The summed E-state index contributed by atoms with van der Waals surface area (Å²) in [6.07, 6.45) is 9.15. The van der Waals surface area contributed by atoms with Gasteiger partial charge in [-0.2, -0.15) is 0 Å². The molecule has 0 bridgehead atoms. The summed E-state index contributed by atoms with van der Waals surface area (Å²) in [6, 6.07) is 0. The Hall–Kier alpha value is -1.73. The van der Waals surface area contributed by atoms with Crippen LogP contribution in [0.4, 0.5) is 0 Å². The highest BCUT2D eigenvalue weighted by Crippen LogP contribution is 2.35. The molecule has 4 atom stereocenters. The zero-order valence-corrected chi connectivity index (χ0v) is 15.1. The molecule has 0 aromatic carbocycles. The number of allylic oxidation sites excluding steroid dienone is 2. The number of hydrogen-bond donors (Lipinski definition) is 0. The van der Waals surface area contributed by atoms with E-state index in [0.717, 1.165) is 31.8 Å². The smallest absolute Gasteiger partial charge is 0.330 e. The first-order valence-corrected chi connectivity index (χ1v) is 8.68. The van der Waals surface area contributed by atoms with Gasteiger partial charge in [0.15, 0.2) is 0 Å². The Morgan fingerprint density at radius 2 is 2.20 bits per heavy atom. The number of carbonyl (C=O) groups is 1. The quantitative estimate of drug-likeness (QED) is 0.102. The molecule has 0 aliphatic heterocycles. The lowest BCUT2D eigenvalue weighted by Crippen LogP contribution is -2.17. The summed E-state index contributed by atoms with van der Waals surface area (Å²) < 4.78 is 15.6. The summed E-state index contributed by atoms with van der Waals surface area (Å²) >= 11 is 0. The highest BCUT2D eigenvalue weighted by Gasteiger charge is 2.36. The van der Waals surface area contributed by atoms with Crippen LogP contribution < -0.4 is 0 Å². The average Bonchev–Trinajstić information content (AvgIpc) is 2.93. The lowest BCUT2D eigenvalue weighted by atomic mass is 9.95. The number of carbonyl (C=O) groups excluding carboxylic acids is 1. The van der Waals surface area contributed by atoms with Crippen molar-refractivity contribution in [2.24, 2.45) is 11.8 Å². The molecule has 7 heteroatoms.